The van der Waals surface area contributed by atoms with Gasteiger partial charge in [-0.05, 0) is 55.0 Å². The maximum atomic E-state index is 12.8. The molecule has 140 valence electrons. The van der Waals surface area contributed by atoms with E-state index in [2.05, 4.69) is 26.6 Å². The lowest BCUT2D eigenvalue weighted by Gasteiger charge is -2.12. The first-order chi connectivity index (χ1) is 13.5. The van der Waals surface area contributed by atoms with Crippen LogP contribution in [0.2, 0.25) is 0 Å². The maximum absolute atomic E-state index is 12.8. The van der Waals surface area contributed by atoms with Crippen LogP contribution in [0.4, 0.5) is 5.69 Å². The van der Waals surface area contributed by atoms with Crippen LogP contribution >= 0.6 is 15.9 Å². The first-order valence-corrected chi connectivity index (χ1v) is 9.52. The van der Waals surface area contributed by atoms with Crippen molar-refractivity contribution in [1.29, 1.82) is 0 Å². The van der Waals surface area contributed by atoms with Gasteiger partial charge in [-0.25, -0.2) is 0 Å². The van der Waals surface area contributed by atoms with Gasteiger partial charge in [-0.2, -0.15) is 0 Å². The SMILES string of the molecule is Cc1ccc(NC(=O)/C(=C\c2ccccc2)NC(=O)c2ccc(Br)cc2)cc1. The summed E-state index contributed by atoms with van der Waals surface area (Å²) in [5.41, 5.74) is 3.20. The molecule has 0 aliphatic heterocycles. The summed E-state index contributed by atoms with van der Waals surface area (Å²) in [6.07, 6.45) is 1.65. The molecule has 4 nitrogen and oxygen atoms in total. The van der Waals surface area contributed by atoms with Gasteiger partial charge < -0.3 is 10.6 Å². The fourth-order valence-electron chi connectivity index (χ4n) is 2.51. The predicted molar refractivity (Wildman–Crippen MR) is 116 cm³/mol. The highest BCUT2D eigenvalue weighted by molar-refractivity contribution is 9.10. The molecule has 0 fully saturated rings. The van der Waals surface area contributed by atoms with Crippen LogP contribution in [0.3, 0.4) is 0 Å². The van der Waals surface area contributed by atoms with Crippen LogP contribution in [-0.2, 0) is 4.79 Å². The molecule has 3 aromatic carbocycles. The average molecular weight is 435 g/mol. The van der Waals surface area contributed by atoms with Crippen LogP contribution in [0.15, 0.2) is 89.0 Å². The number of halogens is 1. The zero-order chi connectivity index (χ0) is 19.9. The molecule has 0 saturated heterocycles. The van der Waals surface area contributed by atoms with E-state index >= 15 is 0 Å². The largest absolute Gasteiger partial charge is 0.321 e. The Morgan fingerprint density at radius 3 is 2.14 bits per heavy atom. The summed E-state index contributed by atoms with van der Waals surface area (Å²) in [6, 6.07) is 23.8. The van der Waals surface area contributed by atoms with Crippen molar-refractivity contribution in [3.05, 3.63) is 106 Å². The second-order valence-corrected chi connectivity index (χ2v) is 7.17. The number of rotatable bonds is 5. The van der Waals surface area contributed by atoms with E-state index in [0.29, 0.717) is 11.3 Å². The zero-order valence-electron chi connectivity index (χ0n) is 15.3. The number of aryl methyl sites for hydroxylation is 1. The van der Waals surface area contributed by atoms with Gasteiger partial charge >= 0.3 is 0 Å². The van der Waals surface area contributed by atoms with Crippen LogP contribution in [0.1, 0.15) is 21.5 Å². The van der Waals surface area contributed by atoms with E-state index < -0.39 is 5.91 Å². The lowest BCUT2D eigenvalue weighted by molar-refractivity contribution is -0.113. The predicted octanol–water partition coefficient (Wildman–Crippen LogP) is 5.17. The van der Waals surface area contributed by atoms with Crippen LogP contribution in [0, 0.1) is 6.92 Å². The number of nitrogens with one attached hydrogen (secondary N) is 2. The van der Waals surface area contributed by atoms with Gasteiger partial charge in [-0.1, -0.05) is 64.0 Å². The van der Waals surface area contributed by atoms with Crippen molar-refractivity contribution in [2.75, 3.05) is 5.32 Å². The Labute approximate surface area is 172 Å². The number of hydrogen-bond donors (Lipinski definition) is 2. The molecule has 0 unspecified atom stereocenters. The van der Waals surface area contributed by atoms with Crippen molar-refractivity contribution >= 4 is 39.5 Å². The van der Waals surface area contributed by atoms with Crippen LogP contribution in [0.25, 0.3) is 6.08 Å². The van der Waals surface area contributed by atoms with Crippen molar-refractivity contribution in [2.45, 2.75) is 6.92 Å². The van der Waals surface area contributed by atoms with E-state index in [1.165, 1.54) is 0 Å². The topological polar surface area (TPSA) is 58.2 Å². The van der Waals surface area contributed by atoms with Crippen molar-refractivity contribution < 1.29 is 9.59 Å². The molecule has 3 aromatic rings. The summed E-state index contributed by atoms with van der Waals surface area (Å²) in [5, 5.41) is 5.55. The van der Waals surface area contributed by atoms with Crippen LogP contribution < -0.4 is 10.6 Å². The Bertz CT molecular complexity index is 995. The molecule has 5 heteroatoms. The van der Waals surface area contributed by atoms with Crippen molar-refractivity contribution in [2.24, 2.45) is 0 Å². The third-order valence-corrected chi connectivity index (χ3v) is 4.55. The van der Waals surface area contributed by atoms with Crippen molar-refractivity contribution in [3.8, 4) is 0 Å². The van der Waals surface area contributed by atoms with Gasteiger partial charge in [-0.15, -0.1) is 0 Å². The molecule has 0 atom stereocenters. The number of carbonyl (C=O) groups is 2. The van der Waals surface area contributed by atoms with Crippen molar-refractivity contribution in [1.82, 2.24) is 5.32 Å². The molecular weight excluding hydrogens is 416 g/mol. The number of carbonyl (C=O) groups excluding carboxylic acids is 2. The fourth-order valence-corrected chi connectivity index (χ4v) is 2.77. The lowest BCUT2D eigenvalue weighted by Crippen LogP contribution is -2.30. The first-order valence-electron chi connectivity index (χ1n) is 8.73. The van der Waals surface area contributed by atoms with Crippen molar-refractivity contribution in [3.63, 3.8) is 0 Å². The monoisotopic (exact) mass is 434 g/mol. The zero-order valence-corrected chi connectivity index (χ0v) is 16.9. The van der Waals surface area contributed by atoms with E-state index in [1.54, 1.807) is 30.3 Å². The highest BCUT2D eigenvalue weighted by Crippen LogP contribution is 2.14. The molecule has 0 aromatic heterocycles. The highest BCUT2D eigenvalue weighted by atomic mass is 79.9. The Morgan fingerprint density at radius 1 is 0.857 bits per heavy atom. The summed E-state index contributed by atoms with van der Waals surface area (Å²) in [7, 11) is 0. The van der Waals surface area contributed by atoms with Gasteiger partial charge in [-0.3, -0.25) is 9.59 Å². The third kappa shape index (κ3) is 5.41. The fraction of sp³-hybridized carbons (Fsp3) is 0.0435. The minimum atomic E-state index is -0.391. The lowest BCUT2D eigenvalue weighted by atomic mass is 10.1. The van der Waals surface area contributed by atoms with E-state index in [4.69, 9.17) is 0 Å². The maximum Gasteiger partial charge on any atom is 0.272 e. The van der Waals surface area contributed by atoms with E-state index in [1.807, 2.05) is 61.5 Å². The smallest absolute Gasteiger partial charge is 0.272 e. The quantitative estimate of drug-likeness (QED) is 0.544. The van der Waals surface area contributed by atoms with E-state index in [9.17, 15) is 9.59 Å². The van der Waals surface area contributed by atoms with Crippen LogP contribution in [0.5, 0.6) is 0 Å². The average Bonchev–Trinajstić information content (AvgIpc) is 2.70. The number of amides is 2. The Morgan fingerprint density at radius 2 is 1.50 bits per heavy atom. The standard InChI is InChI=1S/C23H19BrN2O2/c1-16-7-13-20(14-8-16)25-23(28)21(15-17-5-3-2-4-6-17)26-22(27)18-9-11-19(24)12-10-18/h2-15H,1H3,(H,25,28)(H,26,27)/b21-15+. The number of hydrogen-bond acceptors (Lipinski definition) is 2. The second-order valence-electron chi connectivity index (χ2n) is 6.25. The van der Waals surface area contributed by atoms with Gasteiger partial charge in [0.2, 0.25) is 0 Å². The Kier molecular flexibility index (Phi) is 6.40. The molecule has 0 saturated carbocycles. The molecule has 0 spiro atoms. The normalized spacial score (nSPS) is 11.0. The molecule has 0 bridgehead atoms. The van der Waals surface area contributed by atoms with Gasteiger partial charge in [0.05, 0.1) is 0 Å². The summed E-state index contributed by atoms with van der Waals surface area (Å²) < 4.78 is 0.876. The molecule has 2 N–H and O–H groups in total. The van der Waals surface area contributed by atoms with E-state index in [-0.39, 0.29) is 11.6 Å². The third-order valence-electron chi connectivity index (χ3n) is 4.02. The minimum Gasteiger partial charge on any atom is -0.321 e. The summed E-state index contributed by atoms with van der Waals surface area (Å²) in [4.78, 5) is 25.4. The molecule has 2 amide bonds. The molecule has 28 heavy (non-hydrogen) atoms. The molecule has 3 rings (SSSR count). The van der Waals surface area contributed by atoms with E-state index in [0.717, 1.165) is 15.6 Å². The molecule has 0 aliphatic rings. The summed E-state index contributed by atoms with van der Waals surface area (Å²) in [6.45, 7) is 1.98. The first kappa shape index (κ1) is 19.6. The minimum absolute atomic E-state index is 0.166. The van der Waals surface area contributed by atoms with Gasteiger partial charge in [0.1, 0.15) is 5.70 Å². The molecule has 0 heterocycles. The van der Waals surface area contributed by atoms with Gasteiger partial charge in [0.25, 0.3) is 11.8 Å². The molecule has 0 aliphatic carbocycles. The summed E-state index contributed by atoms with van der Waals surface area (Å²) in [5.74, 6) is -0.744. The summed E-state index contributed by atoms with van der Waals surface area (Å²) >= 11 is 3.35. The van der Waals surface area contributed by atoms with Crippen LogP contribution in [-0.4, -0.2) is 11.8 Å². The molecular formula is C23H19BrN2O2. The van der Waals surface area contributed by atoms with Gasteiger partial charge in [0.15, 0.2) is 0 Å². The molecule has 0 radical (unpaired) electrons. The number of benzene rings is 3. The number of anilines is 1. The highest BCUT2D eigenvalue weighted by Gasteiger charge is 2.15. The van der Waals surface area contributed by atoms with Gasteiger partial charge in [0, 0.05) is 15.7 Å². The second kappa shape index (κ2) is 9.15. The Hall–Kier alpha value is -3.18. The Balaban J connectivity index is 1.85.